The van der Waals surface area contributed by atoms with Crippen LogP contribution in [0.4, 0.5) is 4.39 Å². The van der Waals surface area contributed by atoms with Crippen LogP contribution in [0.1, 0.15) is 22.0 Å². The molecule has 0 bridgehead atoms. The number of carbonyl (C=O) groups is 1. The number of rotatable bonds is 3. The number of aliphatic hydroxyl groups is 1. The molecule has 15 heavy (non-hydrogen) atoms. The molecule has 0 saturated heterocycles. The number of aliphatic hydroxyl groups excluding tert-OH is 1. The van der Waals surface area contributed by atoms with Gasteiger partial charge in [0.2, 0.25) is 0 Å². The smallest absolute Gasteiger partial charge is 0.339 e. The Morgan fingerprint density at radius 3 is 2.80 bits per heavy atom. The Morgan fingerprint density at radius 2 is 2.33 bits per heavy atom. The maximum atomic E-state index is 12.1. The van der Waals surface area contributed by atoms with Gasteiger partial charge in [0.1, 0.15) is 12.8 Å². The Morgan fingerprint density at radius 1 is 1.67 bits per heavy atom. The highest BCUT2D eigenvalue weighted by Crippen LogP contribution is 2.22. The van der Waals surface area contributed by atoms with Gasteiger partial charge < -0.3 is 9.84 Å². The summed E-state index contributed by atoms with van der Waals surface area (Å²) in [7, 11) is 1.24. The zero-order valence-electron chi connectivity index (χ0n) is 8.04. The Labute approximate surface area is 91.4 Å². The molecule has 3 nitrogen and oxygen atoms in total. The molecule has 5 heteroatoms. The van der Waals surface area contributed by atoms with Crippen LogP contribution in [0.25, 0.3) is 0 Å². The van der Waals surface area contributed by atoms with Crippen molar-refractivity contribution in [3.05, 3.63) is 34.3 Å². The molecule has 0 aliphatic rings. The van der Waals surface area contributed by atoms with Crippen LogP contribution in [0.5, 0.6) is 0 Å². The fraction of sp³-hybridized carbons (Fsp3) is 0.300. The topological polar surface area (TPSA) is 46.5 Å². The largest absolute Gasteiger partial charge is 0.465 e. The number of benzene rings is 1. The SMILES string of the molecule is COC(=O)c1ccc(C(O)CF)cc1Cl. The molecule has 0 amide bonds. The molecule has 0 radical (unpaired) electrons. The van der Waals surface area contributed by atoms with Gasteiger partial charge in [0.05, 0.1) is 17.7 Å². The molecule has 1 unspecified atom stereocenters. The third kappa shape index (κ3) is 2.67. The minimum Gasteiger partial charge on any atom is -0.465 e. The van der Waals surface area contributed by atoms with E-state index in [-0.39, 0.29) is 10.6 Å². The molecule has 0 aromatic heterocycles. The van der Waals surface area contributed by atoms with Crippen LogP contribution >= 0.6 is 11.6 Å². The van der Waals surface area contributed by atoms with E-state index in [1.807, 2.05) is 0 Å². The molecule has 0 fully saturated rings. The maximum absolute atomic E-state index is 12.1. The Kier molecular flexibility index (Phi) is 4.05. The quantitative estimate of drug-likeness (QED) is 0.812. The predicted octanol–water partition coefficient (Wildman–Crippen LogP) is 2.13. The molecule has 0 spiro atoms. The number of carbonyl (C=O) groups excluding carboxylic acids is 1. The van der Waals surface area contributed by atoms with Crippen molar-refractivity contribution in [1.82, 2.24) is 0 Å². The van der Waals surface area contributed by atoms with Crippen LogP contribution in [-0.4, -0.2) is 24.9 Å². The Balaban J connectivity index is 3.03. The van der Waals surface area contributed by atoms with Crippen LogP contribution in [0.15, 0.2) is 18.2 Å². The van der Waals surface area contributed by atoms with E-state index in [1.54, 1.807) is 0 Å². The van der Waals surface area contributed by atoms with E-state index < -0.39 is 18.7 Å². The van der Waals surface area contributed by atoms with Crippen molar-refractivity contribution in [3.63, 3.8) is 0 Å². The monoisotopic (exact) mass is 232 g/mol. The van der Waals surface area contributed by atoms with Crippen LogP contribution in [-0.2, 0) is 4.74 Å². The lowest BCUT2D eigenvalue weighted by molar-refractivity contribution is 0.0600. The van der Waals surface area contributed by atoms with Crippen molar-refractivity contribution < 1.29 is 19.0 Å². The zero-order valence-corrected chi connectivity index (χ0v) is 8.79. The van der Waals surface area contributed by atoms with Gasteiger partial charge in [-0.15, -0.1) is 0 Å². The first-order valence-electron chi connectivity index (χ1n) is 4.22. The summed E-state index contributed by atoms with van der Waals surface area (Å²) in [4.78, 5) is 11.1. The van der Waals surface area contributed by atoms with Gasteiger partial charge in [0, 0.05) is 0 Å². The van der Waals surface area contributed by atoms with Gasteiger partial charge in [-0.25, -0.2) is 9.18 Å². The van der Waals surface area contributed by atoms with Gasteiger partial charge in [-0.3, -0.25) is 0 Å². The number of hydrogen-bond donors (Lipinski definition) is 1. The minimum atomic E-state index is -1.21. The van der Waals surface area contributed by atoms with Crippen molar-refractivity contribution >= 4 is 17.6 Å². The highest BCUT2D eigenvalue weighted by Gasteiger charge is 2.13. The minimum absolute atomic E-state index is 0.131. The summed E-state index contributed by atoms with van der Waals surface area (Å²) in [5.74, 6) is -0.568. The van der Waals surface area contributed by atoms with Gasteiger partial charge in [-0.2, -0.15) is 0 Å². The van der Waals surface area contributed by atoms with Gasteiger partial charge in [-0.05, 0) is 17.7 Å². The molecule has 1 N–H and O–H groups in total. The Hall–Kier alpha value is -1.13. The molecule has 0 aliphatic heterocycles. The van der Waals surface area contributed by atoms with Crippen molar-refractivity contribution in [2.24, 2.45) is 0 Å². The summed E-state index contributed by atoms with van der Waals surface area (Å²) >= 11 is 5.77. The molecule has 1 aromatic rings. The molecular formula is C10H10ClFO3. The lowest BCUT2D eigenvalue weighted by atomic mass is 10.1. The van der Waals surface area contributed by atoms with E-state index in [9.17, 15) is 14.3 Å². The summed E-state index contributed by atoms with van der Waals surface area (Å²) in [6.45, 7) is -0.895. The molecule has 0 saturated carbocycles. The predicted molar refractivity (Wildman–Crippen MR) is 53.7 cm³/mol. The van der Waals surface area contributed by atoms with E-state index in [1.165, 1.54) is 25.3 Å². The van der Waals surface area contributed by atoms with Crippen LogP contribution in [0.3, 0.4) is 0 Å². The highest BCUT2D eigenvalue weighted by atomic mass is 35.5. The Bertz CT molecular complexity index is 368. The van der Waals surface area contributed by atoms with Crippen molar-refractivity contribution in [3.8, 4) is 0 Å². The fourth-order valence-electron chi connectivity index (χ4n) is 1.10. The molecule has 1 rings (SSSR count). The van der Waals surface area contributed by atoms with E-state index >= 15 is 0 Å². The summed E-state index contributed by atoms with van der Waals surface area (Å²) in [6.07, 6.45) is -1.21. The average molecular weight is 233 g/mol. The fourth-order valence-corrected chi connectivity index (χ4v) is 1.37. The van der Waals surface area contributed by atoms with Crippen molar-refractivity contribution in [2.75, 3.05) is 13.8 Å². The summed E-state index contributed by atoms with van der Waals surface area (Å²) in [6, 6.07) is 4.17. The molecule has 0 aliphatic carbocycles. The molecular weight excluding hydrogens is 223 g/mol. The number of esters is 1. The second-order valence-electron chi connectivity index (χ2n) is 2.90. The summed E-state index contributed by atoms with van der Waals surface area (Å²) < 4.78 is 16.6. The number of ether oxygens (including phenoxy) is 1. The highest BCUT2D eigenvalue weighted by molar-refractivity contribution is 6.33. The number of alkyl halides is 1. The third-order valence-corrected chi connectivity index (χ3v) is 2.24. The van der Waals surface area contributed by atoms with Crippen LogP contribution < -0.4 is 0 Å². The summed E-state index contributed by atoms with van der Waals surface area (Å²) in [5.41, 5.74) is 0.518. The second kappa shape index (κ2) is 5.09. The first-order valence-corrected chi connectivity index (χ1v) is 4.59. The third-order valence-electron chi connectivity index (χ3n) is 1.93. The molecule has 1 atom stereocenters. The zero-order chi connectivity index (χ0) is 11.4. The van der Waals surface area contributed by atoms with E-state index in [0.29, 0.717) is 5.56 Å². The number of hydrogen-bond acceptors (Lipinski definition) is 3. The van der Waals surface area contributed by atoms with Gasteiger partial charge in [-0.1, -0.05) is 17.7 Å². The molecule has 1 aromatic carbocycles. The summed E-state index contributed by atoms with van der Waals surface area (Å²) in [5, 5.41) is 9.32. The van der Waals surface area contributed by atoms with Crippen molar-refractivity contribution in [1.29, 1.82) is 0 Å². The van der Waals surface area contributed by atoms with Crippen LogP contribution in [0, 0.1) is 0 Å². The van der Waals surface area contributed by atoms with Gasteiger partial charge >= 0.3 is 5.97 Å². The van der Waals surface area contributed by atoms with E-state index in [0.717, 1.165) is 0 Å². The normalized spacial score (nSPS) is 12.3. The number of methoxy groups -OCH3 is 1. The van der Waals surface area contributed by atoms with Gasteiger partial charge in [0.15, 0.2) is 0 Å². The maximum Gasteiger partial charge on any atom is 0.339 e. The molecule has 0 heterocycles. The van der Waals surface area contributed by atoms with Crippen molar-refractivity contribution in [2.45, 2.75) is 6.10 Å². The number of halogens is 2. The van der Waals surface area contributed by atoms with E-state index in [4.69, 9.17) is 11.6 Å². The average Bonchev–Trinajstić information content (AvgIpc) is 2.26. The first-order chi connectivity index (χ1) is 7.10. The van der Waals surface area contributed by atoms with Gasteiger partial charge in [0.25, 0.3) is 0 Å². The lowest BCUT2D eigenvalue weighted by Gasteiger charge is -2.08. The lowest BCUT2D eigenvalue weighted by Crippen LogP contribution is -2.04. The standard InChI is InChI=1S/C10H10ClFO3/c1-15-10(14)7-3-2-6(4-8(7)11)9(13)5-12/h2-4,9,13H,5H2,1H3. The second-order valence-corrected chi connectivity index (χ2v) is 3.31. The molecule has 82 valence electrons. The first kappa shape index (κ1) is 11.9. The van der Waals surface area contributed by atoms with E-state index in [2.05, 4.69) is 4.74 Å². The van der Waals surface area contributed by atoms with Crippen LogP contribution in [0.2, 0.25) is 5.02 Å².